The van der Waals surface area contributed by atoms with Crippen molar-refractivity contribution in [2.75, 3.05) is 18.1 Å². The Bertz CT molecular complexity index is 417. The summed E-state index contributed by atoms with van der Waals surface area (Å²) in [6, 6.07) is 4.54. The average molecular weight is 266 g/mol. The van der Waals surface area contributed by atoms with Gasteiger partial charge >= 0.3 is 0 Å². The van der Waals surface area contributed by atoms with Crippen LogP contribution in [0.25, 0.3) is 0 Å². The molecule has 0 spiro atoms. The second-order valence-corrected chi connectivity index (χ2v) is 6.07. The molecule has 1 aliphatic heterocycles. The first-order valence-corrected chi connectivity index (χ1v) is 7.52. The smallest absolute Gasteiger partial charge is 0.0873 e. The lowest BCUT2D eigenvalue weighted by Gasteiger charge is -2.31. The summed E-state index contributed by atoms with van der Waals surface area (Å²) in [6.45, 7) is 7.24. The highest BCUT2D eigenvalue weighted by Gasteiger charge is 2.26. The third kappa shape index (κ3) is 2.88. The summed E-state index contributed by atoms with van der Waals surface area (Å²) in [5.74, 6) is 7.84. The van der Waals surface area contributed by atoms with Crippen LogP contribution in [0.2, 0.25) is 0 Å². The molecule has 0 bridgehead atoms. The first-order valence-electron chi connectivity index (χ1n) is 6.36. The van der Waals surface area contributed by atoms with E-state index in [1.165, 1.54) is 22.3 Å². The van der Waals surface area contributed by atoms with Gasteiger partial charge in [0.1, 0.15) is 0 Å². The molecule has 0 amide bonds. The molecule has 0 aromatic heterocycles. The zero-order valence-electron chi connectivity index (χ0n) is 11.3. The second kappa shape index (κ2) is 6.06. The molecule has 3 N–H and O–H groups in total. The van der Waals surface area contributed by atoms with Crippen molar-refractivity contribution >= 4 is 11.8 Å². The van der Waals surface area contributed by atoms with Crippen LogP contribution in [0, 0.1) is 20.8 Å². The lowest BCUT2D eigenvalue weighted by molar-refractivity contribution is 0.0466. The molecule has 2 atom stereocenters. The Labute approximate surface area is 113 Å². The fraction of sp³-hybridized carbons (Fsp3) is 0.571. The standard InChI is InChI=1S/C14H22N2OS/c1-9-6-11(3)12(7-10(9)2)14(16-15)13-8-18-5-4-17-13/h6-7,13-14,16H,4-5,8,15H2,1-3H3. The van der Waals surface area contributed by atoms with E-state index >= 15 is 0 Å². The van der Waals surface area contributed by atoms with E-state index in [2.05, 4.69) is 38.3 Å². The van der Waals surface area contributed by atoms with Gasteiger partial charge in [-0.05, 0) is 43.0 Å². The number of hydrogen-bond acceptors (Lipinski definition) is 4. The van der Waals surface area contributed by atoms with Crippen LogP contribution in [-0.4, -0.2) is 24.2 Å². The number of nitrogens with one attached hydrogen (secondary N) is 1. The van der Waals surface area contributed by atoms with Gasteiger partial charge in [-0.25, -0.2) is 0 Å². The minimum absolute atomic E-state index is 0.0806. The molecule has 1 aliphatic rings. The minimum Gasteiger partial charge on any atom is -0.374 e. The highest BCUT2D eigenvalue weighted by Crippen LogP contribution is 2.28. The molecule has 1 heterocycles. The number of aryl methyl sites for hydroxylation is 3. The van der Waals surface area contributed by atoms with Crippen LogP contribution in [-0.2, 0) is 4.74 Å². The normalized spacial score (nSPS) is 21.9. The van der Waals surface area contributed by atoms with Crippen molar-refractivity contribution in [3.05, 3.63) is 34.4 Å². The maximum atomic E-state index is 5.85. The van der Waals surface area contributed by atoms with Gasteiger partial charge in [0, 0.05) is 11.5 Å². The molecule has 1 aromatic rings. The summed E-state index contributed by atoms with van der Waals surface area (Å²) in [5.41, 5.74) is 8.10. The summed E-state index contributed by atoms with van der Waals surface area (Å²) in [4.78, 5) is 0. The molecule has 1 aromatic carbocycles. The van der Waals surface area contributed by atoms with Gasteiger partial charge in [-0.2, -0.15) is 11.8 Å². The number of hydrogen-bond donors (Lipinski definition) is 2. The molecule has 100 valence electrons. The number of hydrazine groups is 1. The van der Waals surface area contributed by atoms with Crippen LogP contribution in [0.5, 0.6) is 0 Å². The molecule has 2 unspecified atom stereocenters. The Morgan fingerprint density at radius 3 is 2.61 bits per heavy atom. The molecule has 1 saturated heterocycles. The number of benzene rings is 1. The van der Waals surface area contributed by atoms with E-state index in [0.29, 0.717) is 0 Å². The molecule has 0 aliphatic carbocycles. The monoisotopic (exact) mass is 266 g/mol. The first kappa shape index (κ1) is 13.9. The number of ether oxygens (including phenoxy) is 1. The lowest BCUT2D eigenvalue weighted by Crippen LogP contribution is -2.41. The quantitative estimate of drug-likeness (QED) is 0.651. The third-order valence-corrected chi connectivity index (χ3v) is 4.63. The van der Waals surface area contributed by atoms with Crippen LogP contribution in [0.4, 0.5) is 0 Å². The predicted molar refractivity (Wildman–Crippen MR) is 77.8 cm³/mol. The minimum atomic E-state index is 0.0806. The number of nitrogens with two attached hydrogens (primary N) is 1. The molecule has 3 nitrogen and oxygen atoms in total. The molecular weight excluding hydrogens is 244 g/mol. The van der Waals surface area contributed by atoms with Crippen LogP contribution in [0.3, 0.4) is 0 Å². The zero-order valence-corrected chi connectivity index (χ0v) is 12.1. The zero-order chi connectivity index (χ0) is 13.1. The molecular formula is C14H22N2OS. The van der Waals surface area contributed by atoms with E-state index in [1.54, 1.807) is 0 Å². The molecule has 0 radical (unpaired) electrons. The second-order valence-electron chi connectivity index (χ2n) is 4.92. The maximum Gasteiger partial charge on any atom is 0.0873 e. The Morgan fingerprint density at radius 2 is 2.00 bits per heavy atom. The summed E-state index contributed by atoms with van der Waals surface area (Å²) in [6.07, 6.45) is 0.162. The van der Waals surface area contributed by atoms with Gasteiger partial charge in [-0.1, -0.05) is 12.1 Å². The topological polar surface area (TPSA) is 47.3 Å². The van der Waals surface area contributed by atoms with Crippen molar-refractivity contribution in [2.24, 2.45) is 5.84 Å². The summed E-state index contributed by atoms with van der Waals surface area (Å²) < 4.78 is 5.85. The van der Waals surface area contributed by atoms with Crippen LogP contribution >= 0.6 is 11.8 Å². The maximum absolute atomic E-state index is 5.85. The Morgan fingerprint density at radius 1 is 1.28 bits per heavy atom. The molecule has 18 heavy (non-hydrogen) atoms. The van der Waals surface area contributed by atoms with E-state index in [1.807, 2.05) is 11.8 Å². The summed E-state index contributed by atoms with van der Waals surface area (Å²) >= 11 is 1.93. The van der Waals surface area contributed by atoms with E-state index in [0.717, 1.165) is 18.1 Å². The Balaban J connectivity index is 2.28. The molecule has 1 fully saturated rings. The third-order valence-electron chi connectivity index (χ3n) is 3.61. The van der Waals surface area contributed by atoms with E-state index in [-0.39, 0.29) is 12.1 Å². The lowest BCUT2D eigenvalue weighted by atomic mass is 9.93. The van der Waals surface area contributed by atoms with Crippen molar-refractivity contribution in [3.63, 3.8) is 0 Å². The van der Waals surface area contributed by atoms with Gasteiger partial charge in [0.05, 0.1) is 18.8 Å². The Kier molecular flexibility index (Phi) is 4.67. The van der Waals surface area contributed by atoms with E-state index in [9.17, 15) is 0 Å². The molecule has 2 rings (SSSR count). The van der Waals surface area contributed by atoms with E-state index in [4.69, 9.17) is 10.6 Å². The molecule has 4 heteroatoms. The predicted octanol–water partition coefficient (Wildman–Crippen LogP) is 2.25. The van der Waals surface area contributed by atoms with Crippen LogP contribution in [0.1, 0.15) is 28.3 Å². The van der Waals surface area contributed by atoms with Crippen molar-refractivity contribution in [3.8, 4) is 0 Å². The Hall–Kier alpha value is -0.550. The summed E-state index contributed by atoms with van der Waals surface area (Å²) in [7, 11) is 0. The van der Waals surface area contributed by atoms with Gasteiger partial charge in [0.15, 0.2) is 0 Å². The van der Waals surface area contributed by atoms with Crippen molar-refractivity contribution in [2.45, 2.75) is 32.9 Å². The van der Waals surface area contributed by atoms with Gasteiger partial charge in [0.25, 0.3) is 0 Å². The fourth-order valence-corrected chi connectivity index (χ4v) is 3.32. The van der Waals surface area contributed by atoms with Gasteiger partial charge in [-0.15, -0.1) is 0 Å². The van der Waals surface area contributed by atoms with E-state index < -0.39 is 0 Å². The van der Waals surface area contributed by atoms with Crippen LogP contribution < -0.4 is 11.3 Å². The van der Waals surface area contributed by atoms with Crippen molar-refractivity contribution < 1.29 is 4.74 Å². The number of rotatable bonds is 3. The van der Waals surface area contributed by atoms with Crippen molar-refractivity contribution in [1.29, 1.82) is 0 Å². The fourth-order valence-electron chi connectivity index (χ4n) is 2.41. The summed E-state index contributed by atoms with van der Waals surface area (Å²) in [5, 5.41) is 0. The molecule has 0 saturated carbocycles. The highest BCUT2D eigenvalue weighted by atomic mass is 32.2. The number of thioether (sulfide) groups is 1. The first-order chi connectivity index (χ1) is 8.63. The van der Waals surface area contributed by atoms with Gasteiger partial charge < -0.3 is 4.74 Å². The SMILES string of the molecule is Cc1cc(C)c(C(NN)C2CSCCO2)cc1C. The van der Waals surface area contributed by atoms with Gasteiger partial charge in [-0.3, -0.25) is 11.3 Å². The van der Waals surface area contributed by atoms with Gasteiger partial charge in [0.2, 0.25) is 0 Å². The highest BCUT2D eigenvalue weighted by molar-refractivity contribution is 7.99. The largest absolute Gasteiger partial charge is 0.374 e. The average Bonchev–Trinajstić information content (AvgIpc) is 2.38. The van der Waals surface area contributed by atoms with Crippen molar-refractivity contribution in [1.82, 2.24) is 5.43 Å². The van der Waals surface area contributed by atoms with Crippen LogP contribution in [0.15, 0.2) is 12.1 Å².